The molecular weight excluding hydrogens is 235 g/mol. The number of thioether (sulfide) groups is 1. The quantitative estimate of drug-likeness (QED) is 0.892. The maximum atomic E-state index is 13.1. The van der Waals surface area contributed by atoms with Crippen molar-refractivity contribution in [3.8, 4) is 0 Å². The van der Waals surface area contributed by atoms with Gasteiger partial charge in [-0.15, -0.1) is 0 Å². The van der Waals surface area contributed by atoms with Crippen LogP contribution >= 0.6 is 11.8 Å². The van der Waals surface area contributed by atoms with Crippen molar-refractivity contribution in [3.05, 3.63) is 35.6 Å². The molecule has 1 aliphatic heterocycles. The SMILES string of the molecule is CCC1CN=C(NC(C)c2cccc(F)c2)S1. The van der Waals surface area contributed by atoms with Gasteiger partial charge in [-0.05, 0) is 31.0 Å². The zero-order chi connectivity index (χ0) is 12.3. The Morgan fingerprint density at radius 3 is 3.06 bits per heavy atom. The van der Waals surface area contributed by atoms with E-state index in [0.29, 0.717) is 5.25 Å². The number of benzene rings is 1. The van der Waals surface area contributed by atoms with E-state index in [0.717, 1.165) is 23.7 Å². The van der Waals surface area contributed by atoms with E-state index in [2.05, 4.69) is 17.2 Å². The molecule has 1 aromatic carbocycles. The normalized spacial score (nSPS) is 21.1. The smallest absolute Gasteiger partial charge is 0.157 e. The van der Waals surface area contributed by atoms with Crippen LogP contribution in [0.25, 0.3) is 0 Å². The minimum atomic E-state index is -0.191. The average molecular weight is 252 g/mol. The van der Waals surface area contributed by atoms with Crippen LogP contribution in [-0.2, 0) is 0 Å². The third kappa shape index (κ3) is 3.22. The summed E-state index contributed by atoms with van der Waals surface area (Å²) >= 11 is 1.78. The van der Waals surface area contributed by atoms with Crippen LogP contribution in [0.1, 0.15) is 31.9 Å². The minimum absolute atomic E-state index is 0.0903. The monoisotopic (exact) mass is 252 g/mol. The van der Waals surface area contributed by atoms with Crippen LogP contribution in [-0.4, -0.2) is 17.0 Å². The fourth-order valence-electron chi connectivity index (χ4n) is 1.75. The van der Waals surface area contributed by atoms with Crippen LogP contribution in [0, 0.1) is 5.82 Å². The van der Waals surface area contributed by atoms with Crippen molar-refractivity contribution in [2.45, 2.75) is 31.6 Å². The molecule has 2 atom stereocenters. The van der Waals surface area contributed by atoms with Crippen molar-refractivity contribution in [2.75, 3.05) is 6.54 Å². The van der Waals surface area contributed by atoms with Gasteiger partial charge in [0.2, 0.25) is 0 Å². The molecule has 0 spiro atoms. The van der Waals surface area contributed by atoms with Crippen molar-refractivity contribution in [1.82, 2.24) is 5.32 Å². The number of hydrogen-bond donors (Lipinski definition) is 1. The van der Waals surface area contributed by atoms with E-state index in [1.54, 1.807) is 23.9 Å². The summed E-state index contributed by atoms with van der Waals surface area (Å²) in [5.74, 6) is -0.191. The molecule has 0 saturated heterocycles. The molecule has 2 rings (SSSR count). The molecule has 2 nitrogen and oxygen atoms in total. The molecule has 1 aliphatic rings. The summed E-state index contributed by atoms with van der Waals surface area (Å²) in [5, 5.41) is 4.91. The van der Waals surface area contributed by atoms with Gasteiger partial charge in [-0.1, -0.05) is 30.8 Å². The van der Waals surface area contributed by atoms with Gasteiger partial charge in [-0.3, -0.25) is 4.99 Å². The highest BCUT2D eigenvalue weighted by molar-refractivity contribution is 8.14. The van der Waals surface area contributed by atoms with Crippen LogP contribution in [0.3, 0.4) is 0 Å². The van der Waals surface area contributed by atoms with Crippen molar-refractivity contribution in [1.29, 1.82) is 0 Å². The van der Waals surface area contributed by atoms with E-state index in [9.17, 15) is 4.39 Å². The molecule has 2 unspecified atom stereocenters. The van der Waals surface area contributed by atoms with Gasteiger partial charge in [0.05, 0.1) is 12.6 Å². The Morgan fingerprint density at radius 2 is 2.41 bits per heavy atom. The van der Waals surface area contributed by atoms with Crippen LogP contribution in [0.15, 0.2) is 29.3 Å². The summed E-state index contributed by atoms with van der Waals surface area (Å²) in [6.45, 7) is 5.09. The summed E-state index contributed by atoms with van der Waals surface area (Å²) in [6, 6.07) is 6.78. The highest BCUT2D eigenvalue weighted by Crippen LogP contribution is 2.24. The Morgan fingerprint density at radius 1 is 1.59 bits per heavy atom. The molecule has 0 bridgehead atoms. The largest absolute Gasteiger partial charge is 0.358 e. The first-order valence-corrected chi connectivity index (χ1v) is 6.80. The molecule has 0 amide bonds. The van der Waals surface area contributed by atoms with Gasteiger partial charge in [0.15, 0.2) is 5.17 Å². The first-order valence-electron chi connectivity index (χ1n) is 5.92. The maximum absolute atomic E-state index is 13.1. The molecule has 1 aromatic rings. The molecule has 0 saturated carbocycles. The first kappa shape index (κ1) is 12.4. The van der Waals surface area contributed by atoms with Gasteiger partial charge < -0.3 is 5.32 Å². The highest BCUT2D eigenvalue weighted by atomic mass is 32.2. The molecule has 17 heavy (non-hydrogen) atoms. The zero-order valence-electron chi connectivity index (χ0n) is 10.1. The topological polar surface area (TPSA) is 24.4 Å². The number of rotatable bonds is 3. The molecular formula is C13H17FN2S. The van der Waals surface area contributed by atoms with Crippen molar-refractivity contribution >= 4 is 16.9 Å². The fraction of sp³-hybridized carbons (Fsp3) is 0.462. The van der Waals surface area contributed by atoms with E-state index in [-0.39, 0.29) is 11.9 Å². The number of nitrogens with one attached hydrogen (secondary N) is 1. The van der Waals surface area contributed by atoms with Gasteiger partial charge in [-0.25, -0.2) is 4.39 Å². The first-order chi connectivity index (χ1) is 8.19. The van der Waals surface area contributed by atoms with Crippen LogP contribution < -0.4 is 5.32 Å². The lowest BCUT2D eigenvalue weighted by Gasteiger charge is -2.15. The molecule has 0 aromatic heterocycles. The maximum Gasteiger partial charge on any atom is 0.157 e. The molecule has 1 N–H and O–H groups in total. The van der Waals surface area contributed by atoms with Gasteiger partial charge >= 0.3 is 0 Å². The van der Waals surface area contributed by atoms with Crippen LogP contribution in [0.2, 0.25) is 0 Å². The summed E-state index contributed by atoms with van der Waals surface area (Å²) in [7, 11) is 0. The van der Waals surface area contributed by atoms with E-state index < -0.39 is 0 Å². The zero-order valence-corrected chi connectivity index (χ0v) is 10.9. The molecule has 4 heteroatoms. The molecule has 0 aliphatic carbocycles. The Kier molecular flexibility index (Phi) is 4.05. The lowest BCUT2D eigenvalue weighted by Crippen LogP contribution is -2.23. The predicted molar refractivity (Wildman–Crippen MR) is 71.9 cm³/mol. The van der Waals surface area contributed by atoms with Gasteiger partial charge in [-0.2, -0.15) is 0 Å². The van der Waals surface area contributed by atoms with Crippen molar-refractivity contribution in [3.63, 3.8) is 0 Å². The minimum Gasteiger partial charge on any atom is -0.358 e. The van der Waals surface area contributed by atoms with E-state index in [1.165, 1.54) is 6.07 Å². The number of aliphatic imine (C=N–C) groups is 1. The van der Waals surface area contributed by atoms with Crippen LogP contribution in [0.4, 0.5) is 4.39 Å². The summed E-state index contributed by atoms with van der Waals surface area (Å²) in [6.07, 6.45) is 1.13. The molecule has 1 heterocycles. The Hall–Kier alpha value is -1.03. The second-order valence-electron chi connectivity index (χ2n) is 4.21. The third-order valence-electron chi connectivity index (χ3n) is 2.86. The second kappa shape index (κ2) is 5.54. The summed E-state index contributed by atoms with van der Waals surface area (Å²) in [4.78, 5) is 4.45. The standard InChI is InChI=1S/C13H17FN2S/c1-3-12-8-15-13(17-12)16-9(2)10-5-4-6-11(14)7-10/h4-7,9,12H,3,8H2,1-2H3,(H,15,16). The number of nitrogens with zero attached hydrogens (tertiary/aromatic N) is 1. The molecule has 92 valence electrons. The lowest BCUT2D eigenvalue weighted by molar-refractivity contribution is 0.618. The third-order valence-corrected chi connectivity index (χ3v) is 4.15. The van der Waals surface area contributed by atoms with Crippen molar-refractivity contribution < 1.29 is 4.39 Å². The van der Waals surface area contributed by atoms with Gasteiger partial charge in [0.1, 0.15) is 5.82 Å². The number of amidine groups is 1. The van der Waals surface area contributed by atoms with Crippen molar-refractivity contribution in [2.24, 2.45) is 4.99 Å². The Bertz CT molecular complexity index is 420. The summed E-state index contributed by atoms with van der Waals surface area (Å²) in [5.41, 5.74) is 0.952. The predicted octanol–water partition coefficient (Wildman–Crippen LogP) is 3.36. The van der Waals surface area contributed by atoms with Gasteiger partial charge in [0.25, 0.3) is 0 Å². The van der Waals surface area contributed by atoms with Crippen LogP contribution in [0.5, 0.6) is 0 Å². The van der Waals surface area contributed by atoms with Gasteiger partial charge in [0, 0.05) is 5.25 Å². The Labute approximate surface area is 106 Å². The van der Waals surface area contributed by atoms with E-state index in [4.69, 9.17) is 0 Å². The number of halogens is 1. The highest BCUT2D eigenvalue weighted by Gasteiger charge is 2.19. The second-order valence-corrected chi connectivity index (χ2v) is 5.50. The number of hydrogen-bond acceptors (Lipinski definition) is 3. The van der Waals surface area contributed by atoms with E-state index in [1.807, 2.05) is 13.0 Å². The lowest BCUT2D eigenvalue weighted by atomic mass is 10.1. The molecule has 0 fully saturated rings. The Balaban J connectivity index is 1.96. The fourth-order valence-corrected chi connectivity index (χ4v) is 2.78. The summed E-state index contributed by atoms with van der Waals surface area (Å²) < 4.78 is 13.1. The molecule has 0 radical (unpaired) electrons. The average Bonchev–Trinajstić information content (AvgIpc) is 2.77. The van der Waals surface area contributed by atoms with E-state index >= 15 is 0 Å².